The van der Waals surface area contributed by atoms with Crippen LogP contribution in [0.25, 0.3) is 0 Å². The van der Waals surface area contributed by atoms with E-state index >= 15 is 0 Å². The molecule has 0 unspecified atom stereocenters. The molecule has 2 aliphatic rings. The van der Waals surface area contributed by atoms with E-state index in [-0.39, 0.29) is 12.5 Å². The molecule has 2 aliphatic heterocycles. The highest BCUT2D eigenvalue weighted by atomic mass is 16.8. The molecule has 0 aromatic heterocycles. The van der Waals surface area contributed by atoms with Crippen molar-refractivity contribution in [1.82, 2.24) is 0 Å². The molecule has 29 heavy (non-hydrogen) atoms. The summed E-state index contributed by atoms with van der Waals surface area (Å²) in [6, 6.07) is 0. The van der Waals surface area contributed by atoms with Crippen molar-refractivity contribution in [3.63, 3.8) is 0 Å². The number of hydrogen-bond acceptors (Lipinski definition) is 9. The molecule has 5 N–H and O–H groups in total. The van der Waals surface area contributed by atoms with E-state index in [4.69, 9.17) is 18.9 Å². The normalized spacial score (nSPS) is 40.9. The molecule has 9 nitrogen and oxygen atoms in total. The SMILES string of the molecule is CCCCCCCCO[C@@H]1O[C@H](CO)[C@H](O)[C@H](O)[C@H]1O[C@@H]1O[C@@H](C)C[C@@H](O)[C@@H]1O. The van der Waals surface area contributed by atoms with E-state index in [2.05, 4.69) is 6.92 Å². The fraction of sp³-hybridized carbons (Fsp3) is 1.00. The number of aliphatic hydroxyl groups is 5. The van der Waals surface area contributed by atoms with Gasteiger partial charge in [0.2, 0.25) is 0 Å². The van der Waals surface area contributed by atoms with Gasteiger partial charge in [-0.25, -0.2) is 0 Å². The molecule has 2 heterocycles. The summed E-state index contributed by atoms with van der Waals surface area (Å²) < 4.78 is 22.6. The molecule has 0 spiro atoms. The van der Waals surface area contributed by atoms with Crippen LogP contribution in [0.5, 0.6) is 0 Å². The van der Waals surface area contributed by atoms with E-state index < -0.39 is 55.8 Å². The Morgan fingerprint density at radius 1 is 0.862 bits per heavy atom. The van der Waals surface area contributed by atoms with Gasteiger partial charge in [0.25, 0.3) is 0 Å². The van der Waals surface area contributed by atoms with Crippen LogP contribution in [0.4, 0.5) is 0 Å². The summed E-state index contributed by atoms with van der Waals surface area (Å²) in [5.74, 6) is 0. The molecule has 0 amide bonds. The molecular weight excluding hydrogens is 384 g/mol. The predicted molar refractivity (Wildman–Crippen MR) is 103 cm³/mol. The van der Waals surface area contributed by atoms with Gasteiger partial charge in [0.15, 0.2) is 12.6 Å². The third-order valence-corrected chi connectivity index (χ3v) is 5.51. The van der Waals surface area contributed by atoms with Crippen molar-refractivity contribution in [2.45, 2.75) is 114 Å². The van der Waals surface area contributed by atoms with E-state index in [9.17, 15) is 25.5 Å². The number of unbranched alkanes of at least 4 members (excludes halogenated alkanes) is 5. The number of aliphatic hydroxyl groups excluding tert-OH is 5. The van der Waals surface area contributed by atoms with Crippen molar-refractivity contribution < 1.29 is 44.5 Å². The zero-order valence-electron chi connectivity index (χ0n) is 17.4. The average Bonchev–Trinajstić information content (AvgIpc) is 2.69. The average molecular weight is 423 g/mol. The third-order valence-electron chi connectivity index (χ3n) is 5.51. The van der Waals surface area contributed by atoms with Crippen molar-refractivity contribution >= 4 is 0 Å². The topological polar surface area (TPSA) is 138 Å². The second-order valence-electron chi connectivity index (χ2n) is 8.05. The van der Waals surface area contributed by atoms with Gasteiger partial charge in [-0.2, -0.15) is 0 Å². The lowest BCUT2D eigenvalue weighted by atomic mass is 9.98. The summed E-state index contributed by atoms with van der Waals surface area (Å²) in [6.07, 6.45) is -3.15. The Balaban J connectivity index is 1.95. The highest BCUT2D eigenvalue weighted by Gasteiger charge is 2.48. The van der Waals surface area contributed by atoms with E-state index in [0.717, 1.165) is 19.3 Å². The van der Waals surface area contributed by atoms with Crippen molar-refractivity contribution in [1.29, 1.82) is 0 Å². The minimum Gasteiger partial charge on any atom is -0.394 e. The van der Waals surface area contributed by atoms with Crippen molar-refractivity contribution in [3.8, 4) is 0 Å². The summed E-state index contributed by atoms with van der Waals surface area (Å²) in [4.78, 5) is 0. The van der Waals surface area contributed by atoms with Gasteiger partial charge >= 0.3 is 0 Å². The van der Waals surface area contributed by atoms with Gasteiger partial charge in [-0.3, -0.25) is 0 Å². The van der Waals surface area contributed by atoms with Crippen LogP contribution in [0.3, 0.4) is 0 Å². The molecule has 0 aromatic rings. The van der Waals surface area contributed by atoms with Crippen LogP contribution in [0.1, 0.15) is 58.8 Å². The first-order valence-corrected chi connectivity index (χ1v) is 10.8. The van der Waals surface area contributed by atoms with Crippen LogP contribution in [0.2, 0.25) is 0 Å². The Hall–Kier alpha value is -0.360. The highest BCUT2D eigenvalue weighted by molar-refractivity contribution is 4.91. The van der Waals surface area contributed by atoms with Gasteiger partial charge in [-0.05, 0) is 13.3 Å². The quantitative estimate of drug-likeness (QED) is 0.292. The molecule has 0 radical (unpaired) electrons. The van der Waals surface area contributed by atoms with Crippen LogP contribution in [0, 0.1) is 0 Å². The summed E-state index contributed by atoms with van der Waals surface area (Å²) >= 11 is 0. The van der Waals surface area contributed by atoms with Crippen molar-refractivity contribution in [3.05, 3.63) is 0 Å². The summed E-state index contributed by atoms with van der Waals surface area (Å²) in [6.45, 7) is 3.78. The van der Waals surface area contributed by atoms with Crippen molar-refractivity contribution in [2.75, 3.05) is 13.2 Å². The van der Waals surface area contributed by atoms with Gasteiger partial charge in [0, 0.05) is 13.0 Å². The zero-order chi connectivity index (χ0) is 21.4. The minimum absolute atomic E-state index is 0.262. The van der Waals surface area contributed by atoms with Gasteiger partial charge < -0.3 is 44.5 Å². The Kier molecular flexibility index (Phi) is 10.7. The lowest BCUT2D eigenvalue weighted by Gasteiger charge is -2.44. The monoisotopic (exact) mass is 422 g/mol. The maximum atomic E-state index is 10.5. The molecule has 0 saturated carbocycles. The molecule has 2 saturated heterocycles. The maximum Gasteiger partial charge on any atom is 0.187 e. The summed E-state index contributed by atoms with van der Waals surface area (Å²) in [5.41, 5.74) is 0. The molecule has 2 fully saturated rings. The summed E-state index contributed by atoms with van der Waals surface area (Å²) in [5, 5.41) is 50.3. The molecule has 0 bridgehead atoms. The lowest BCUT2D eigenvalue weighted by molar-refractivity contribution is -0.356. The predicted octanol–water partition coefficient (Wildman–Crippen LogP) is 0.0444. The molecule has 9 atom stereocenters. The van der Waals surface area contributed by atoms with Crippen LogP contribution in [-0.2, 0) is 18.9 Å². The molecule has 0 aliphatic carbocycles. The Morgan fingerprint density at radius 3 is 2.24 bits per heavy atom. The largest absolute Gasteiger partial charge is 0.394 e. The van der Waals surface area contributed by atoms with Crippen LogP contribution < -0.4 is 0 Å². The third kappa shape index (κ3) is 7.09. The Bertz CT molecular complexity index is 452. The molecule has 9 heteroatoms. The van der Waals surface area contributed by atoms with Gasteiger partial charge in [-0.1, -0.05) is 39.0 Å². The minimum atomic E-state index is -1.42. The molecule has 172 valence electrons. The van der Waals surface area contributed by atoms with Gasteiger partial charge in [-0.15, -0.1) is 0 Å². The van der Waals surface area contributed by atoms with Gasteiger partial charge in [0.1, 0.15) is 30.5 Å². The molecule has 2 rings (SSSR count). The van der Waals surface area contributed by atoms with Crippen LogP contribution in [-0.4, -0.2) is 94.1 Å². The van der Waals surface area contributed by atoms with Gasteiger partial charge in [0.05, 0.1) is 18.8 Å². The number of hydrogen-bond donors (Lipinski definition) is 5. The van der Waals surface area contributed by atoms with E-state index in [1.807, 2.05) is 0 Å². The number of ether oxygens (including phenoxy) is 4. The van der Waals surface area contributed by atoms with E-state index in [1.165, 1.54) is 19.3 Å². The van der Waals surface area contributed by atoms with Crippen molar-refractivity contribution in [2.24, 2.45) is 0 Å². The smallest absolute Gasteiger partial charge is 0.187 e. The van der Waals surface area contributed by atoms with Crippen LogP contribution in [0.15, 0.2) is 0 Å². The Morgan fingerprint density at radius 2 is 1.55 bits per heavy atom. The first kappa shape index (κ1) is 24.9. The standard InChI is InChI=1S/C20H38O9/c1-3-4-5-6-7-8-9-26-20-18(17(25)16(24)14(11-21)28-20)29-19-15(23)13(22)10-12(2)27-19/h12-25H,3-11H2,1-2H3/t12-,13+,14+,15-,16-,17-,18+,19-,20+/m0/s1. The first-order valence-electron chi connectivity index (χ1n) is 10.8. The second-order valence-corrected chi connectivity index (χ2v) is 8.05. The lowest BCUT2D eigenvalue weighted by Crippen LogP contribution is -2.62. The second kappa shape index (κ2) is 12.5. The van der Waals surface area contributed by atoms with E-state index in [1.54, 1.807) is 6.92 Å². The molecule has 0 aromatic carbocycles. The fourth-order valence-electron chi connectivity index (χ4n) is 3.71. The fourth-order valence-corrected chi connectivity index (χ4v) is 3.71. The van der Waals surface area contributed by atoms with Crippen LogP contribution >= 0.6 is 0 Å². The van der Waals surface area contributed by atoms with E-state index in [0.29, 0.717) is 6.61 Å². The zero-order valence-corrected chi connectivity index (χ0v) is 17.4. The summed E-state index contributed by atoms with van der Waals surface area (Å²) in [7, 11) is 0. The Labute approximate surface area is 172 Å². The highest BCUT2D eigenvalue weighted by Crippen LogP contribution is 2.29. The first-order chi connectivity index (χ1) is 13.9. The maximum absolute atomic E-state index is 10.5. The number of rotatable bonds is 11. The molecular formula is C20H38O9.